The van der Waals surface area contributed by atoms with Gasteiger partial charge in [-0.2, -0.15) is 0 Å². The molecule has 9 heteroatoms. The van der Waals surface area contributed by atoms with Gasteiger partial charge < -0.3 is 9.64 Å². The summed E-state index contributed by atoms with van der Waals surface area (Å²) in [5.74, 6) is 0.953. The molecule has 5 rings (SSSR count). The Morgan fingerprint density at radius 1 is 1.06 bits per heavy atom. The zero-order valence-corrected chi connectivity index (χ0v) is 20.2. The molecule has 7 nitrogen and oxygen atoms in total. The van der Waals surface area contributed by atoms with Gasteiger partial charge in [-0.1, -0.05) is 24.3 Å². The van der Waals surface area contributed by atoms with Gasteiger partial charge >= 0.3 is 0 Å². The highest BCUT2D eigenvalue weighted by Crippen LogP contribution is 2.26. The summed E-state index contributed by atoms with van der Waals surface area (Å²) in [6.45, 7) is 3.76. The lowest BCUT2D eigenvalue weighted by molar-refractivity contribution is 0.0626. The Morgan fingerprint density at radius 3 is 2.54 bits per heavy atom. The largest absolute Gasteiger partial charge is 0.497 e. The molecule has 0 N–H and O–H groups in total. The molecule has 1 aliphatic rings. The third-order valence-electron chi connectivity index (χ3n) is 6.13. The minimum absolute atomic E-state index is 0.129. The number of carbonyl (C=O) groups excluding carboxylic acids is 1. The Bertz CT molecular complexity index is 1280. The van der Waals surface area contributed by atoms with Crippen LogP contribution in [0.4, 0.5) is 4.39 Å². The number of rotatable bonds is 7. The van der Waals surface area contributed by atoms with Crippen LogP contribution in [0.2, 0.25) is 0 Å². The lowest BCUT2D eigenvalue weighted by atomic mass is 10.1. The fourth-order valence-corrected chi connectivity index (χ4v) is 4.85. The van der Waals surface area contributed by atoms with Crippen molar-refractivity contribution >= 4 is 17.2 Å². The van der Waals surface area contributed by atoms with Gasteiger partial charge in [0.15, 0.2) is 5.82 Å². The van der Waals surface area contributed by atoms with Crippen molar-refractivity contribution in [1.29, 1.82) is 0 Å². The third kappa shape index (κ3) is 5.26. The number of nitrogens with zero attached hydrogens (tertiary/aromatic N) is 5. The van der Waals surface area contributed by atoms with Gasteiger partial charge in [0.25, 0.3) is 5.91 Å². The van der Waals surface area contributed by atoms with Crippen molar-refractivity contribution in [2.24, 2.45) is 0 Å². The van der Waals surface area contributed by atoms with E-state index in [2.05, 4.69) is 27.1 Å². The quantitative estimate of drug-likeness (QED) is 0.389. The first-order valence-corrected chi connectivity index (χ1v) is 12.4. The smallest absolute Gasteiger partial charge is 0.293 e. The van der Waals surface area contributed by atoms with Gasteiger partial charge in [0.1, 0.15) is 11.6 Å². The summed E-state index contributed by atoms with van der Waals surface area (Å²) in [7, 11) is 1.67. The first-order valence-electron chi connectivity index (χ1n) is 11.5. The Kier molecular flexibility index (Phi) is 6.87. The minimum atomic E-state index is -0.367. The summed E-state index contributed by atoms with van der Waals surface area (Å²) in [4.78, 5) is 22.9. The first-order chi connectivity index (χ1) is 17.1. The van der Waals surface area contributed by atoms with E-state index in [4.69, 9.17) is 4.74 Å². The van der Waals surface area contributed by atoms with Crippen LogP contribution in [0.1, 0.15) is 16.2 Å². The molecule has 1 aliphatic heterocycles. The Hall–Kier alpha value is -3.56. The average Bonchev–Trinajstić information content (AvgIpc) is 3.58. The summed E-state index contributed by atoms with van der Waals surface area (Å²) in [5.41, 5.74) is 1.79. The van der Waals surface area contributed by atoms with Crippen LogP contribution < -0.4 is 4.74 Å². The van der Waals surface area contributed by atoms with Gasteiger partial charge in [0, 0.05) is 32.7 Å². The molecule has 0 radical (unpaired) electrons. The van der Waals surface area contributed by atoms with Gasteiger partial charge in [-0.05, 0) is 53.8 Å². The predicted octanol–water partition coefficient (Wildman–Crippen LogP) is 4.14. The van der Waals surface area contributed by atoms with E-state index in [9.17, 15) is 9.18 Å². The molecule has 1 saturated heterocycles. The molecular weight excluding hydrogens is 465 g/mol. The zero-order valence-electron chi connectivity index (χ0n) is 19.4. The summed E-state index contributed by atoms with van der Waals surface area (Å²) >= 11 is 1.50. The second-order valence-electron chi connectivity index (χ2n) is 8.36. The molecular formula is C26H26FN5O2S. The van der Waals surface area contributed by atoms with E-state index >= 15 is 0 Å². The molecule has 0 spiro atoms. The topological polar surface area (TPSA) is 63.5 Å². The van der Waals surface area contributed by atoms with Crippen molar-refractivity contribution in [3.63, 3.8) is 0 Å². The summed E-state index contributed by atoms with van der Waals surface area (Å²) in [6.07, 6.45) is 0.946. The highest BCUT2D eigenvalue weighted by atomic mass is 32.1. The molecule has 0 aliphatic carbocycles. The van der Waals surface area contributed by atoms with Crippen LogP contribution in [0, 0.1) is 5.82 Å². The van der Waals surface area contributed by atoms with Gasteiger partial charge in [-0.25, -0.2) is 14.1 Å². The fourth-order valence-electron chi connectivity index (χ4n) is 4.15. The van der Waals surface area contributed by atoms with Crippen molar-refractivity contribution in [3.05, 3.63) is 83.2 Å². The number of carbonyl (C=O) groups is 1. The highest BCUT2D eigenvalue weighted by Gasteiger charge is 2.27. The maximum atomic E-state index is 13.9. The molecule has 4 aromatic rings. The summed E-state index contributed by atoms with van der Waals surface area (Å²) in [6, 6.07) is 18.1. The molecule has 0 unspecified atom stereocenters. The predicted molar refractivity (Wildman–Crippen MR) is 134 cm³/mol. The number of piperazine rings is 1. The minimum Gasteiger partial charge on any atom is -0.497 e. The Balaban J connectivity index is 1.25. The third-order valence-corrected chi connectivity index (χ3v) is 6.99. The molecule has 0 bridgehead atoms. The van der Waals surface area contributed by atoms with Crippen LogP contribution in [-0.4, -0.2) is 70.3 Å². The fraction of sp³-hybridized carbons (Fsp3) is 0.269. The molecule has 3 heterocycles. The van der Waals surface area contributed by atoms with Gasteiger partial charge in [0.2, 0.25) is 5.82 Å². The van der Waals surface area contributed by atoms with E-state index in [0.717, 1.165) is 36.7 Å². The van der Waals surface area contributed by atoms with Crippen molar-refractivity contribution in [2.75, 3.05) is 39.8 Å². The molecule has 1 amide bonds. The molecule has 35 heavy (non-hydrogen) atoms. The molecule has 2 aromatic carbocycles. The molecule has 0 saturated carbocycles. The second-order valence-corrected chi connectivity index (χ2v) is 9.31. The highest BCUT2D eigenvalue weighted by molar-refractivity contribution is 7.13. The van der Waals surface area contributed by atoms with Crippen molar-refractivity contribution < 1.29 is 13.9 Å². The number of benzene rings is 2. The second kappa shape index (κ2) is 10.4. The molecule has 180 valence electrons. The Morgan fingerprint density at radius 2 is 1.86 bits per heavy atom. The van der Waals surface area contributed by atoms with E-state index in [1.165, 1.54) is 29.0 Å². The van der Waals surface area contributed by atoms with E-state index in [1.54, 1.807) is 28.8 Å². The van der Waals surface area contributed by atoms with Crippen molar-refractivity contribution in [1.82, 2.24) is 24.6 Å². The number of amides is 1. The molecule has 1 fully saturated rings. The monoisotopic (exact) mass is 491 g/mol. The standard InChI is InChI=1S/C26H26FN5O2S/c1-34-22-9-7-19(8-10-22)11-12-30-13-15-31(16-14-30)26(33)24-28-25(23-6-3-17-35-23)32(29-24)21-5-2-4-20(27)18-21/h2-10,17-18H,11-16H2,1H3. The number of aromatic nitrogens is 3. The number of thiophene rings is 1. The van der Waals surface area contributed by atoms with Crippen LogP contribution in [0.3, 0.4) is 0 Å². The van der Waals surface area contributed by atoms with E-state index in [1.807, 2.05) is 29.6 Å². The lowest BCUT2D eigenvalue weighted by Crippen LogP contribution is -2.49. The maximum absolute atomic E-state index is 13.9. The number of methoxy groups -OCH3 is 1. The SMILES string of the molecule is COc1ccc(CCN2CCN(C(=O)c3nc(-c4cccs4)n(-c4cccc(F)c4)n3)CC2)cc1. The number of hydrogen-bond acceptors (Lipinski definition) is 6. The Labute approximate surface area is 207 Å². The lowest BCUT2D eigenvalue weighted by Gasteiger charge is -2.34. The summed E-state index contributed by atoms with van der Waals surface area (Å²) < 4.78 is 20.6. The number of ether oxygens (including phenoxy) is 1. The molecule has 2 aromatic heterocycles. The average molecular weight is 492 g/mol. The zero-order chi connectivity index (χ0) is 24.2. The van der Waals surface area contributed by atoms with Gasteiger partial charge in [0.05, 0.1) is 17.7 Å². The van der Waals surface area contributed by atoms with Crippen LogP contribution >= 0.6 is 11.3 Å². The van der Waals surface area contributed by atoms with Gasteiger partial charge in [-0.15, -0.1) is 16.4 Å². The first kappa shape index (κ1) is 23.2. The van der Waals surface area contributed by atoms with Crippen LogP contribution in [0.25, 0.3) is 16.4 Å². The van der Waals surface area contributed by atoms with E-state index < -0.39 is 0 Å². The van der Waals surface area contributed by atoms with E-state index in [0.29, 0.717) is 24.6 Å². The molecule has 0 atom stereocenters. The normalized spacial score (nSPS) is 14.3. The number of hydrogen-bond donors (Lipinski definition) is 0. The van der Waals surface area contributed by atoms with Crippen LogP contribution in [0.15, 0.2) is 66.0 Å². The maximum Gasteiger partial charge on any atom is 0.293 e. The number of halogens is 1. The van der Waals surface area contributed by atoms with Crippen LogP contribution in [-0.2, 0) is 6.42 Å². The van der Waals surface area contributed by atoms with Crippen molar-refractivity contribution in [2.45, 2.75) is 6.42 Å². The van der Waals surface area contributed by atoms with E-state index in [-0.39, 0.29) is 17.5 Å². The van der Waals surface area contributed by atoms with Gasteiger partial charge in [-0.3, -0.25) is 9.69 Å². The summed E-state index contributed by atoms with van der Waals surface area (Å²) in [5, 5.41) is 6.43. The van der Waals surface area contributed by atoms with Crippen molar-refractivity contribution in [3.8, 4) is 22.1 Å². The van der Waals surface area contributed by atoms with Crippen LogP contribution in [0.5, 0.6) is 5.75 Å².